The second kappa shape index (κ2) is 4.55. The lowest BCUT2D eigenvalue weighted by Crippen LogP contribution is -2.15. The van der Waals surface area contributed by atoms with Crippen molar-refractivity contribution in [2.75, 3.05) is 14.2 Å². The van der Waals surface area contributed by atoms with Gasteiger partial charge >= 0.3 is 0 Å². The van der Waals surface area contributed by atoms with E-state index in [1.54, 1.807) is 26.4 Å². The van der Waals surface area contributed by atoms with Crippen molar-refractivity contribution in [1.82, 2.24) is 0 Å². The third-order valence-electron chi connectivity index (χ3n) is 2.39. The van der Waals surface area contributed by atoms with Crippen LogP contribution in [0.15, 0.2) is 17.0 Å². The number of halogens is 1. The van der Waals surface area contributed by atoms with Crippen molar-refractivity contribution < 1.29 is 14.3 Å². The van der Waals surface area contributed by atoms with Gasteiger partial charge in [-0.1, -0.05) is 0 Å². The Morgan fingerprint density at radius 3 is 2.56 bits per heavy atom. The number of hydrogen-bond acceptors (Lipinski definition) is 4. The van der Waals surface area contributed by atoms with Gasteiger partial charge in [-0.3, -0.25) is 4.79 Å². The average Bonchev–Trinajstić information content (AvgIpc) is 2.27. The minimum Gasteiger partial charge on any atom is -0.496 e. The lowest BCUT2D eigenvalue weighted by molar-refractivity contribution is 0.0978. The van der Waals surface area contributed by atoms with Crippen LogP contribution in [0.2, 0.25) is 0 Å². The van der Waals surface area contributed by atoms with Crippen LogP contribution in [0, 0.1) is 0 Å². The predicted molar refractivity (Wildman–Crippen MR) is 64.0 cm³/mol. The number of carbonyl (C=O) groups is 1. The molecule has 1 heterocycles. The van der Waals surface area contributed by atoms with E-state index in [2.05, 4.69) is 0 Å². The van der Waals surface area contributed by atoms with Gasteiger partial charge in [0.05, 0.1) is 29.4 Å². The molecule has 16 heavy (non-hydrogen) atoms. The highest BCUT2D eigenvalue weighted by Crippen LogP contribution is 2.46. The largest absolute Gasteiger partial charge is 0.496 e. The molecule has 0 amide bonds. The van der Waals surface area contributed by atoms with Crippen molar-refractivity contribution in [2.24, 2.45) is 0 Å². The van der Waals surface area contributed by atoms with Gasteiger partial charge in [0.2, 0.25) is 0 Å². The highest BCUT2D eigenvalue weighted by atomic mass is 35.5. The van der Waals surface area contributed by atoms with Gasteiger partial charge in [-0.05, 0) is 12.1 Å². The van der Waals surface area contributed by atoms with Crippen LogP contribution in [0.3, 0.4) is 0 Å². The molecule has 0 bridgehead atoms. The van der Waals surface area contributed by atoms with Crippen LogP contribution in [0.25, 0.3) is 0 Å². The van der Waals surface area contributed by atoms with E-state index >= 15 is 0 Å². The van der Waals surface area contributed by atoms with Crippen molar-refractivity contribution in [3.8, 4) is 11.5 Å². The SMILES string of the molecule is COc1ccc(OC)c2c1SC(Cl)CC2=O. The molecule has 0 saturated heterocycles. The molecule has 0 radical (unpaired) electrons. The van der Waals surface area contributed by atoms with E-state index in [4.69, 9.17) is 21.1 Å². The van der Waals surface area contributed by atoms with Crippen molar-refractivity contribution in [3.05, 3.63) is 17.7 Å². The highest BCUT2D eigenvalue weighted by molar-refractivity contribution is 8.01. The molecular formula is C11H11ClO3S. The number of Topliss-reactive ketones (excluding diaryl/α,β-unsaturated/α-hetero) is 1. The Balaban J connectivity index is 2.61. The summed E-state index contributed by atoms with van der Waals surface area (Å²) >= 11 is 7.45. The molecule has 1 aliphatic rings. The molecule has 2 rings (SSSR count). The third kappa shape index (κ3) is 1.87. The zero-order valence-corrected chi connectivity index (χ0v) is 10.5. The number of thioether (sulfide) groups is 1. The number of benzene rings is 1. The number of methoxy groups -OCH3 is 2. The minimum atomic E-state index is -0.235. The number of hydrogen-bond donors (Lipinski definition) is 0. The smallest absolute Gasteiger partial charge is 0.170 e. The maximum absolute atomic E-state index is 11.9. The standard InChI is InChI=1S/C11H11ClO3S/c1-14-7-3-4-8(15-2)11-10(7)6(13)5-9(12)16-11/h3-4,9H,5H2,1-2H3. The van der Waals surface area contributed by atoms with Gasteiger partial charge in [0.15, 0.2) is 5.78 Å². The fraction of sp³-hybridized carbons (Fsp3) is 0.364. The molecule has 0 fully saturated rings. The van der Waals surface area contributed by atoms with E-state index in [1.807, 2.05) is 0 Å². The molecule has 1 atom stereocenters. The van der Waals surface area contributed by atoms with Gasteiger partial charge in [0, 0.05) is 6.42 Å². The van der Waals surface area contributed by atoms with E-state index in [9.17, 15) is 4.79 Å². The maximum atomic E-state index is 11.9. The zero-order chi connectivity index (χ0) is 11.7. The molecule has 0 N–H and O–H groups in total. The van der Waals surface area contributed by atoms with Crippen molar-refractivity contribution >= 4 is 29.1 Å². The summed E-state index contributed by atoms with van der Waals surface area (Å²) in [6.45, 7) is 0. The van der Waals surface area contributed by atoms with E-state index < -0.39 is 0 Å². The molecular weight excluding hydrogens is 248 g/mol. The molecule has 86 valence electrons. The molecule has 3 nitrogen and oxygen atoms in total. The molecule has 0 saturated carbocycles. The van der Waals surface area contributed by atoms with Crippen LogP contribution in [-0.4, -0.2) is 24.7 Å². The first kappa shape index (κ1) is 11.6. The number of alkyl halides is 1. The molecule has 5 heteroatoms. The Morgan fingerprint density at radius 1 is 1.31 bits per heavy atom. The monoisotopic (exact) mass is 258 g/mol. The lowest BCUT2D eigenvalue weighted by atomic mass is 10.1. The zero-order valence-electron chi connectivity index (χ0n) is 8.95. The number of rotatable bonds is 2. The summed E-state index contributed by atoms with van der Waals surface area (Å²) < 4.78 is 10.2. The molecule has 1 aromatic carbocycles. The van der Waals surface area contributed by atoms with E-state index in [-0.39, 0.29) is 10.5 Å². The van der Waals surface area contributed by atoms with E-state index in [0.29, 0.717) is 23.5 Å². The first-order valence-corrected chi connectivity index (χ1v) is 6.08. The summed E-state index contributed by atoms with van der Waals surface area (Å²) in [6.07, 6.45) is 0.322. The van der Waals surface area contributed by atoms with Gasteiger partial charge in [-0.25, -0.2) is 0 Å². The predicted octanol–water partition coefficient (Wildman–Crippen LogP) is 2.95. The summed E-state index contributed by atoms with van der Waals surface area (Å²) in [5.41, 5.74) is 0.587. The van der Waals surface area contributed by atoms with Crippen molar-refractivity contribution in [2.45, 2.75) is 16.0 Å². The Bertz CT molecular complexity index is 433. The van der Waals surface area contributed by atoms with E-state index in [1.165, 1.54) is 11.8 Å². The molecule has 1 aliphatic heterocycles. The first-order valence-electron chi connectivity index (χ1n) is 4.76. The van der Waals surface area contributed by atoms with Crippen molar-refractivity contribution in [1.29, 1.82) is 0 Å². The van der Waals surface area contributed by atoms with Gasteiger partial charge in [0.1, 0.15) is 11.5 Å². The van der Waals surface area contributed by atoms with Gasteiger partial charge in [-0.2, -0.15) is 0 Å². The van der Waals surface area contributed by atoms with Crippen LogP contribution in [0.5, 0.6) is 11.5 Å². The normalized spacial score (nSPS) is 19.2. The number of fused-ring (bicyclic) bond motifs is 1. The van der Waals surface area contributed by atoms with Crippen LogP contribution >= 0.6 is 23.4 Å². The summed E-state index contributed by atoms with van der Waals surface area (Å²) in [6, 6.07) is 3.53. The van der Waals surface area contributed by atoms with Crippen LogP contribution in [-0.2, 0) is 0 Å². The van der Waals surface area contributed by atoms with Crippen LogP contribution < -0.4 is 9.47 Å². The van der Waals surface area contributed by atoms with Gasteiger partial charge < -0.3 is 9.47 Å². The van der Waals surface area contributed by atoms with E-state index in [0.717, 1.165) is 4.90 Å². The Labute approximate surface area is 103 Å². The Hall–Kier alpha value is -0.870. The van der Waals surface area contributed by atoms with Gasteiger partial charge in [0.25, 0.3) is 0 Å². The maximum Gasteiger partial charge on any atom is 0.170 e. The summed E-state index contributed by atoms with van der Waals surface area (Å²) in [5, 5.41) is 0. The first-order chi connectivity index (χ1) is 7.67. The fourth-order valence-corrected chi connectivity index (χ4v) is 3.17. The summed E-state index contributed by atoms with van der Waals surface area (Å²) in [7, 11) is 3.12. The highest BCUT2D eigenvalue weighted by Gasteiger charge is 2.30. The lowest BCUT2D eigenvalue weighted by Gasteiger charge is -2.22. The quantitative estimate of drug-likeness (QED) is 0.764. The topological polar surface area (TPSA) is 35.5 Å². The van der Waals surface area contributed by atoms with Gasteiger partial charge in [-0.15, -0.1) is 23.4 Å². The Morgan fingerprint density at radius 2 is 1.94 bits per heavy atom. The van der Waals surface area contributed by atoms with Crippen LogP contribution in [0.4, 0.5) is 0 Å². The summed E-state index contributed by atoms with van der Waals surface area (Å²) in [4.78, 5) is 12.7. The van der Waals surface area contributed by atoms with Crippen LogP contribution in [0.1, 0.15) is 16.8 Å². The molecule has 0 aliphatic carbocycles. The average molecular weight is 259 g/mol. The molecule has 0 aromatic heterocycles. The molecule has 0 spiro atoms. The number of ether oxygens (including phenoxy) is 2. The second-order valence-electron chi connectivity index (χ2n) is 3.33. The number of ketones is 1. The molecule has 1 unspecified atom stereocenters. The fourth-order valence-electron chi connectivity index (χ4n) is 1.67. The molecule has 1 aromatic rings. The third-order valence-corrected chi connectivity index (χ3v) is 3.88. The second-order valence-corrected chi connectivity index (χ2v) is 5.33. The van der Waals surface area contributed by atoms with Crippen molar-refractivity contribution in [3.63, 3.8) is 0 Å². The summed E-state index contributed by atoms with van der Waals surface area (Å²) in [5.74, 6) is 1.25. The Kier molecular flexibility index (Phi) is 3.30. The number of carbonyl (C=O) groups excluding carboxylic acids is 1. The minimum absolute atomic E-state index is 0.00417.